The highest BCUT2D eigenvalue weighted by atomic mass is 15.3. The quantitative estimate of drug-likeness (QED) is 0.832. The summed E-state index contributed by atoms with van der Waals surface area (Å²) in [5.74, 6) is 2.60. The Morgan fingerprint density at radius 3 is 2.62 bits per heavy atom. The highest BCUT2D eigenvalue weighted by molar-refractivity contribution is 5.23. The van der Waals surface area contributed by atoms with Crippen LogP contribution in [0.3, 0.4) is 0 Å². The average molecular weight is 220 g/mol. The first-order chi connectivity index (χ1) is 7.81. The lowest BCUT2D eigenvalue weighted by Gasteiger charge is -2.16. The Morgan fingerprint density at radius 2 is 2.00 bits per heavy atom. The molecule has 0 aromatic carbocycles. The predicted octanol–water partition coefficient (Wildman–Crippen LogP) is 1.20. The Hall–Kier alpha value is -1.03. The molecule has 2 fully saturated rings. The minimum absolute atomic E-state index is 0.623. The van der Waals surface area contributed by atoms with Gasteiger partial charge in [0.2, 0.25) is 0 Å². The van der Waals surface area contributed by atoms with E-state index in [1.165, 1.54) is 32.4 Å². The average Bonchev–Trinajstić information content (AvgIpc) is 2.89. The predicted molar refractivity (Wildman–Crippen MR) is 63.9 cm³/mol. The van der Waals surface area contributed by atoms with Crippen LogP contribution in [0.1, 0.15) is 19.3 Å². The largest absolute Gasteiger partial charge is 0.382 e. The second-order valence-electron chi connectivity index (χ2n) is 5.21. The minimum Gasteiger partial charge on any atom is -0.382 e. The van der Waals surface area contributed by atoms with E-state index < -0.39 is 0 Å². The molecule has 1 saturated carbocycles. The van der Waals surface area contributed by atoms with Crippen molar-refractivity contribution >= 4 is 5.82 Å². The smallest absolute Gasteiger partial charge is 0.145 e. The van der Waals surface area contributed by atoms with Gasteiger partial charge in [0.25, 0.3) is 0 Å². The summed E-state index contributed by atoms with van der Waals surface area (Å²) in [5, 5.41) is 4.21. The topological polar surface area (TPSA) is 47.1 Å². The molecule has 1 aliphatic carbocycles. The molecule has 2 heterocycles. The lowest BCUT2D eigenvalue weighted by Crippen LogP contribution is -2.26. The fraction of sp³-hybridized carbons (Fsp3) is 0.750. The molecule has 4 nitrogen and oxygen atoms in total. The summed E-state index contributed by atoms with van der Waals surface area (Å²) < 4.78 is 1.95. The third-order valence-corrected chi connectivity index (χ3v) is 4.11. The lowest BCUT2D eigenvalue weighted by molar-refractivity contribution is 0.292. The van der Waals surface area contributed by atoms with E-state index >= 15 is 0 Å². The van der Waals surface area contributed by atoms with Crippen LogP contribution >= 0.6 is 0 Å². The van der Waals surface area contributed by atoms with Crippen LogP contribution in [0.2, 0.25) is 0 Å². The Balaban J connectivity index is 1.50. The van der Waals surface area contributed by atoms with E-state index in [0.29, 0.717) is 5.82 Å². The molecule has 3 rings (SSSR count). The Morgan fingerprint density at radius 1 is 1.25 bits per heavy atom. The molecule has 1 aromatic heterocycles. The summed E-state index contributed by atoms with van der Waals surface area (Å²) in [5.41, 5.74) is 5.59. The summed E-state index contributed by atoms with van der Waals surface area (Å²) in [7, 11) is 0. The third-order valence-electron chi connectivity index (χ3n) is 4.11. The number of anilines is 1. The number of likely N-dealkylation sites (tertiary alicyclic amines) is 1. The monoisotopic (exact) mass is 220 g/mol. The van der Waals surface area contributed by atoms with Crippen molar-refractivity contribution in [2.75, 3.05) is 25.4 Å². The van der Waals surface area contributed by atoms with E-state index in [-0.39, 0.29) is 0 Å². The highest BCUT2D eigenvalue weighted by Gasteiger charge is 2.35. The second kappa shape index (κ2) is 4.09. The van der Waals surface area contributed by atoms with Crippen molar-refractivity contribution in [1.29, 1.82) is 0 Å². The summed E-state index contributed by atoms with van der Waals surface area (Å²) >= 11 is 0. The molecule has 0 amide bonds. The van der Waals surface area contributed by atoms with Crippen molar-refractivity contribution < 1.29 is 0 Å². The van der Waals surface area contributed by atoms with E-state index in [9.17, 15) is 0 Å². The van der Waals surface area contributed by atoms with Gasteiger partial charge in [-0.15, -0.1) is 0 Å². The van der Waals surface area contributed by atoms with Crippen LogP contribution in [0.5, 0.6) is 0 Å². The molecule has 2 unspecified atom stereocenters. The Bertz CT molecular complexity index is 348. The molecule has 1 aromatic rings. The number of nitrogens with two attached hydrogens (primary N) is 1. The fourth-order valence-corrected chi connectivity index (χ4v) is 3.26. The lowest BCUT2D eigenvalue weighted by atomic mass is 10.0. The minimum atomic E-state index is 0.623. The zero-order chi connectivity index (χ0) is 11.0. The fourth-order valence-electron chi connectivity index (χ4n) is 3.26. The summed E-state index contributed by atoms with van der Waals surface area (Å²) in [6.45, 7) is 4.70. The molecule has 1 aliphatic heterocycles. The van der Waals surface area contributed by atoms with E-state index in [1.54, 1.807) is 0 Å². The molecule has 4 heteroatoms. The van der Waals surface area contributed by atoms with E-state index in [1.807, 2.05) is 16.9 Å². The van der Waals surface area contributed by atoms with Gasteiger partial charge in [-0.3, -0.25) is 4.68 Å². The molecule has 1 saturated heterocycles. The standard InChI is InChI=1S/C12H20N4/c13-12-4-5-16(14-12)7-6-15-8-10-2-1-3-11(10)9-15/h4-5,10-11H,1-3,6-9H2,(H2,13,14). The van der Waals surface area contributed by atoms with Gasteiger partial charge in [-0.1, -0.05) is 6.42 Å². The van der Waals surface area contributed by atoms with Crippen LogP contribution in [-0.4, -0.2) is 34.3 Å². The van der Waals surface area contributed by atoms with Crippen molar-refractivity contribution in [1.82, 2.24) is 14.7 Å². The number of hydrogen-bond donors (Lipinski definition) is 1. The van der Waals surface area contributed by atoms with Gasteiger partial charge in [-0.25, -0.2) is 0 Å². The molecule has 0 bridgehead atoms. The van der Waals surface area contributed by atoms with E-state index in [2.05, 4.69) is 10.00 Å². The van der Waals surface area contributed by atoms with Crippen molar-refractivity contribution in [3.8, 4) is 0 Å². The van der Waals surface area contributed by atoms with Gasteiger partial charge in [-0.05, 0) is 30.7 Å². The second-order valence-corrected chi connectivity index (χ2v) is 5.21. The van der Waals surface area contributed by atoms with Gasteiger partial charge < -0.3 is 10.6 Å². The van der Waals surface area contributed by atoms with Gasteiger partial charge in [0.15, 0.2) is 0 Å². The SMILES string of the molecule is Nc1ccn(CCN2CC3CCCC3C2)n1. The summed E-state index contributed by atoms with van der Waals surface area (Å²) in [6.07, 6.45) is 6.33. The molecular weight excluding hydrogens is 200 g/mol. The van der Waals surface area contributed by atoms with Crippen LogP contribution in [-0.2, 0) is 6.54 Å². The molecule has 88 valence electrons. The van der Waals surface area contributed by atoms with Crippen LogP contribution in [0.4, 0.5) is 5.82 Å². The molecule has 16 heavy (non-hydrogen) atoms. The maximum Gasteiger partial charge on any atom is 0.145 e. The van der Waals surface area contributed by atoms with Crippen molar-refractivity contribution in [3.63, 3.8) is 0 Å². The van der Waals surface area contributed by atoms with Gasteiger partial charge in [0.1, 0.15) is 5.82 Å². The zero-order valence-electron chi connectivity index (χ0n) is 9.68. The maximum atomic E-state index is 5.59. The first-order valence-electron chi connectivity index (χ1n) is 6.32. The first-order valence-corrected chi connectivity index (χ1v) is 6.32. The van der Waals surface area contributed by atoms with Crippen LogP contribution in [0.25, 0.3) is 0 Å². The Kier molecular flexibility index (Phi) is 2.59. The number of nitrogen functional groups attached to an aromatic ring is 1. The first kappa shape index (κ1) is 10.1. The molecule has 0 radical (unpaired) electrons. The molecule has 2 atom stereocenters. The molecule has 2 aliphatic rings. The zero-order valence-corrected chi connectivity index (χ0v) is 9.68. The number of nitrogens with zero attached hydrogens (tertiary/aromatic N) is 3. The number of rotatable bonds is 3. The van der Waals surface area contributed by atoms with Gasteiger partial charge >= 0.3 is 0 Å². The summed E-state index contributed by atoms with van der Waals surface area (Å²) in [4.78, 5) is 2.59. The van der Waals surface area contributed by atoms with Crippen molar-refractivity contribution in [3.05, 3.63) is 12.3 Å². The number of aromatic nitrogens is 2. The Labute approximate surface area is 96.4 Å². The maximum absolute atomic E-state index is 5.59. The molecule has 2 N–H and O–H groups in total. The van der Waals surface area contributed by atoms with Gasteiger partial charge in [-0.2, -0.15) is 5.10 Å². The van der Waals surface area contributed by atoms with Crippen LogP contribution in [0, 0.1) is 11.8 Å². The van der Waals surface area contributed by atoms with E-state index in [0.717, 1.165) is 24.9 Å². The highest BCUT2D eigenvalue weighted by Crippen LogP contribution is 2.37. The van der Waals surface area contributed by atoms with Crippen molar-refractivity contribution in [2.24, 2.45) is 11.8 Å². The van der Waals surface area contributed by atoms with Crippen molar-refractivity contribution in [2.45, 2.75) is 25.8 Å². The number of fused-ring (bicyclic) bond motifs is 1. The summed E-state index contributed by atoms with van der Waals surface area (Å²) in [6, 6.07) is 1.86. The van der Waals surface area contributed by atoms with E-state index in [4.69, 9.17) is 5.73 Å². The molecular formula is C12H20N4. The van der Waals surface area contributed by atoms with Gasteiger partial charge in [0, 0.05) is 25.8 Å². The molecule has 0 spiro atoms. The normalized spacial score (nSPS) is 29.8. The number of hydrogen-bond acceptors (Lipinski definition) is 3. The van der Waals surface area contributed by atoms with Crippen LogP contribution in [0.15, 0.2) is 12.3 Å². The third kappa shape index (κ3) is 1.94. The van der Waals surface area contributed by atoms with Gasteiger partial charge in [0.05, 0.1) is 6.54 Å². The van der Waals surface area contributed by atoms with Crippen LogP contribution < -0.4 is 5.73 Å².